The van der Waals surface area contributed by atoms with E-state index in [0.29, 0.717) is 29.4 Å². The number of methoxy groups -OCH3 is 3. The van der Waals surface area contributed by atoms with Crippen molar-refractivity contribution >= 4 is 23.6 Å². The van der Waals surface area contributed by atoms with Gasteiger partial charge in [0.15, 0.2) is 11.5 Å². The van der Waals surface area contributed by atoms with Gasteiger partial charge in [0.25, 0.3) is 5.91 Å². The number of amides is 2. The molecule has 2 atom stereocenters. The summed E-state index contributed by atoms with van der Waals surface area (Å²) in [5.74, 6) is 1.20. The average Bonchev–Trinajstić information content (AvgIpc) is 3.20. The Morgan fingerprint density at radius 2 is 1.77 bits per heavy atom. The fourth-order valence-electron chi connectivity index (χ4n) is 4.38. The van der Waals surface area contributed by atoms with Crippen molar-refractivity contribution in [2.45, 2.75) is 36.6 Å². The van der Waals surface area contributed by atoms with Gasteiger partial charge in [-0.25, -0.2) is 0 Å². The lowest BCUT2D eigenvalue weighted by Gasteiger charge is -2.29. The molecule has 1 fully saturated rings. The Balaban J connectivity index is 1.63. The van der Waals surface area contributed by atoms with Crippen LogP contribution in [0.15, 0.2) is 36.4 Å². The fraction of sp³-hybridized carbons (Fsp3) is 0.391. The number of thioether (sulfide) groups is 1. The number of para-hydroxylation sites is 1. The van der Waals surface area contributed by atoms with E-state index in [1.54, 1.807) is 29.8 Å². The van der Waals surface area contributed by atoms with Crippen molar-refractivity contribution < 1.29 is 23.8 Å². The van der Waals surface area contributed by atoms with E-state index in [-0.39, 0.29) is 17.2 Å². The lowest BCUT2D eigenvalue weighted by atomic mass is 10.0. The Labute approximate surface area is 186 Å². The second-order valence-electron chi connectivity index (χ2n) is 7.98. The molecular weight excluding hydrogens is 416 g/mol. The molecule has 2 heterocycles. The van der Waals surface area contributed by atoms with Gasteiger partial charge in [0.05, 0.1) is 26.9 Å². The van der Waals surface area contributed by atoms with Crippen LogP contribution in [0.25, 0.3) is 0 Å². The van der Waals surface area contributed by atoms with E-state index in [1.165, 1.54) is 14.2 Å². The Hall–Kier alpha value is -2.87. The van der Waals surface area contributed by atoms with Crippen molar-refractivity contribution in [1.82, 2.24) is 10.2 Å². The molecule has 8 heteroatoms. The summed E-state index contributed by atoms with van der Waals surface area (Å²) in [6.45, 7) is 4.31. The highest BCUT2D eigenvalue weighted by atomic mass is 32.2. The Morgan fingerprint density at radius 1 is 1.06 bits per heavy atom. The Bertz CT molecular complexity index is 1040. The second kappa shape index (κ2) is 8.00. The summed E-state index contributed by atoms with van der Waals surface area (Å²) >= 11 is 1.61. The Morgan fingerprint density at radius 3 is 2.45 bits per heavy atom. The van der Waals surface area contributed by atoms with Crippen molar-refractivity contribution in [1.29, 1.82) is 0 Å². The number of hydrogen-bond donors (Lipinski definition) is 1. The van der Waals surface area contributed by atoms with Gasteiger partial charge in [0.1, 0.15) is 17.2 Å². The highest BCUT2D eigenvalue weighted by Crippen LogP contribution is 2.58. The maximum atomic E-state index is 13.5. The molecule has 164 valence electrons. The molecule has 0 spiro atoms. The maximum Gasteiger partial charge on any atom is 0.260 e. The molecule has 0 unspecified atom stereocenters. The van der Waals surface area contributed by atoms with Crippen LogP contribution < -0.4 is 19.5 Å². The van der Waals surface area contributed by atoms with Crippen molar-refractivity contribution in [3.63, 3.8) is 0 Å². The monoisotopic (exact) mass is 442 g/mol. The van der Waals surface area contributed by atoms with Crippen molar-refractivity contribution in [2.24, 2.45) is 0 Å². The zero-order chi connectivity index (χ0) is 22.3. The number of nitrogens with zero attached hydrogens (tertiary/aromatic N) is 1. The molecule has 0 saturated carbocycles. The van der Waals surface area contributed by atoms with Gasteiger partial charge in [-0.3, -0.25) is 9.59 Å². The molecule has 1 N–H and O–H groups in total. The summed E-state index contributed by atoms with van der Waals surface area (Å²) in [7, 11) is 4.66. The van der Waals surface area contributed by atoms with Crippen LogP contribution >= 0.6 is 11.8 Å². The van der Waals surface area contributed by atoms with Crippen LogP contribution in [0.3, 0.4) is 0 Å². The molecule has 2 aliphatic heterocycles. The molecular formula is C23H26N2O5S. The largest absolute Gasteiger partial charge is 0.496 e. The van der Waals surface area contributed by atoms with Crippen LogP contribution in [0.4, 0.5) is 0 Å². The first-order valence-corrected chi connectivity index (χ1v) is 10.9. The van der Waals surface area contributed by atoms with Crippen LogP contribution in [-0.4, -0.2) is 48.8 Å². The van der Waals surface area contributed by atoms with E-state index in [4.69, 9.17) is 14.2 Å². The van der Waals surface area contributed by atoms with Gasteiger partial charge < -0.3 is 24.4 Å². The lowest BCUT2D eigenvalue weighted by Crippen LogP contribution is -2.52. The summed E-state index contributed by atoms with van der Waals surface area (Å²) in [5, 5.41) is 2.75. The van der Waals surface area contributed by atoms with Gasteiger partial charge >= 0.3 is 0 Å². The first-order chi connectivity index (χ1) is 14.8. The third-order valence-electron chi connectivity index (χ3n) is 5.79. The molecule has 0 aromatic heterocycles. The molecule has 2 aliphatic rings. The molecule has 1 saturated heterocycles. The van der Waals surface area contributed by atoms with Gasteiger partial charge in [-0.2, -0.15) is 0 Å². The maximum absolute atomic E-state index is 13.5. The first-order valence-electron chi connectivity index (χ1n) is 9.99. The quantitative estimate of drug-likeness (QED) is 0.739. The van der Waals surface area contributed by atoms with Gasteiger partial charge in [-0.15, -0.1) is 11.8 Å². The van der Waals surface area contributed by atoms with Crippen molar-refractivity contribution in [2.75, 3.05) is 21.3 Å². The predicted molar refractivity (Wildman–Crippen MR) is 119 cm³/mol. The summed E-state index contributed by atoms with van der Waals surface area (Å²) in [4.78, 5) is 28.5. The van der Waals surface area contributed by atoms with E-state index >= 15 is 0 Å². The molecule has 31 heavy (non-hydrogen) atoms. The number of benzene rings is 2. The molecule has 4 rings (SSSR count). The normalized spacial score (nSPS) is 20.8. The van der Waals surface area contributed by atoms with Crippen LogP contribution in [-0.2, 0) is 11.3 Å². The summed E-state index contributed by atoms with van der Waals surface area (Å²) in [6, 6.07) is 10.6. The van der Waals surface area contributed by atoms with E-state index in [2.05, 4.69) is 5.32 Å². The van der Waals surface area contributed by atoms with E-state index in [9.17, 15) is 9.59 Å². The van der Waals surface area contributed by atoms with Gasteiger partial charge in [-0.05, 0) is 26.0 Å². The number of fused-ring (bicyclic) bond motifs is 3. The molecule has 2 amide bonds. The third kappa shape index (κ3) is 3.39. The summed E-state index contributed by atoms with van der Waals surface area (Å²) in [5.41, 5.74) is 2.19. The van der Waals surface area contributed by atoms with Gasteiger partial charge in [0, 0.05) is 22.4 Å². The van der Waals surface area contributed by atoms with Crippen LogP contribution in [0.2, 0.25) is 0 Å². The fourth-order valence-corrected chi connectivity index (χ4v) is 5.96. The average molecular weight is 443 g/mol. The molecule has 0 aliphatic carbocycles. The van der Waals surface area contributed by atoms with Crippen molar-refractivity contribution in [3.05, 3.63) is 53.1 Å². The topological polar surface area (TPSA) is 77.1 Å². The minimum Gasteiger partial charge on any atom is -0.496 e. The van der Waals surface area contributed by atoms with Crippen LogP contribution in [0.1, 0.15) is 40.7 Å². The number of ether oxygens (including phenoxy) is 3. The zero-order valence-corrected chi connectivity index (χ0v) is 19.0. The van der Waals surface area contributed by atoms with E-state index in [0.717, 1.165) is 11.1 Å². The minimum atomic E-state index is -0.632. The van der Waals surface area contributed by atoms with E-state index in [1.807, 2.05) is 44.2 Å². The molecule has 2 aromatic carbocycles. The van der Waals surface area contributed by atoms with Crippen LogP contribution in [0, 0.1) is 0 Å². The highest BCUT2D eigenvalue weighted by molar-refractivity contribution is 8.01. The minimum absolute atomic E-state index is 0.196. The number of carbonyl (C=O) groups is 2. The molecule has 0 radical (unpaired) electrons. The van der Waals surface area contributed by atoms with Gasteiger partial charge in [-0.1, -0.05) is 24.3 Å². The second-order valence-corrected chi connectivity index (χ2v) is 9.72. The number of hydrogen-bond acceptors (Lipinski definition) is 6. The molecule has 0 bridgehead atoms. The SMILES string of the molecule is COc1ccccc1CNC(=O)[C@H]1N2C(=O)c3c(ccc(OC)c3OC)[C@H]2SC1(C)C. The number of nitrogens with one attached hydrogen (secondary N) is 1. The summed E-state index contributed by atoms with van der Waals surface area (Å²) in [6.07, 6.45) is 0. The predicted octanol–water partition coefficient (Wildman–Crippen LogP) is 3.38. The lowest BCUT2D eigenvalue weighted by molar-refractivity contribution is -0.126. The van der Waals surface area contributed by atoms with Crippen LogP contribution in [0.5, 0.6) is 17.2 Å². The molecule has 2 aromatic rings. The number of rotatable bonds is 6. The van der Waals surface area contributed by atoms with E-state index < -0.39 is 10.8 Å². The van der Waals surface area contributed by atoms with Crippen molar-refractivity contribution in [3.8, 4) is 17.2 Å². The van der Waals surface area contributed by atoms with Gasteiger partial charge in [0.2, 0.25) is 5.91 Å². The standard InChI is InChI=1S/C23H26N2O5S/c1-23(2)19(20(26)24-12-13-8-6-7-9-15(13)28-3)25-21(27)17-14(22(25)31-23)10-11-16(29-4)18(17)30-5/h6-11,19,22H,12H2,1-5H3,(H,24,26)/t19-,22-/m1/s1. The number of carbonyl (C=O) groups excluding carboxylic acids is 2. The third-order valence-corrected chi connectivity index (χ3v) is 7.33. The smallest absolute Gasteiger partial charge is 0.260 e. The summed E-state index contributed by atoms with van der Waals surface area (Å²) < 4.78 is 15.8. The Kier molecular flexibility index (Phi) is 5.51. The highest BCUT2D eigenvalue weighted by Gasteiger charge is 2.58. The first kappa shape index (κ1) is 21.4. The molecule has 7 nitrogen and oxygen atoms in total. The zero-order valence-electron chi connectivity index (χ0n) is 18.2.